The molecule has 3 N–H and O–H groups in total. The molecule has 0 amide bonds. The van der Waals surface area contributed by atoms with Crippen molar-refractivity contribution in [3.63, 3.8) is 0 Å². The van der Waals surface area contributed by atoms with E-state index >= 15 is 0 Å². The van der Waals surface area contributed by atoms with Crippen LogP contribution in [0.4, 0.5) is 11.6 Å². The van der Waals surface area contributed by atoms with Gasteiger partial charge in [0.25, 0.3) is 0 Å². The topological polar surface area (TPSA) is 67.1 Å². The number of nitrogens with two attached hydrogens (primary N) is 1. The van der Waals surface area contributed by atoms with Gasteiger partial charge in [0.15, 0.2) is 0 Å². The predicted molar refractivity (Wildman–Crippen MR) is 71.8 cm³/mol. The highest BCUT2D eigenvalue weighted by Crippen LogP contribution is 2.17. The quantitative estimate of drug-likeness (QED) is 0.561. The number of anilines is 2. The summed E-state index contributed by atoms with van der Waals surface area (Å²) in [6, 6.07) is 1.88. The Morgan fingerprint density at radius 3 is 2.53 bits per heavy atom. The Balaban J connectivity index is 2.77. The number of hydrogen-bond acceptors (Lipinski definition) is 5. The number of nitrogen functional groups attached to an aromatic ring is 1. The monoisotopic (exact) mass is 237 g/mol. The van der Waals surface area contributed by atoms with Crippen LogP contribution in [0.2, 0.25) is 0 Å². The normalized spacial score (nSPS) is 10.6. The Morgan fingerprint density at radius 1 is 1.29 bits per heavy atom. The fraction of sp³-hybridized carbons (Fsp3) is 0.667. The Kier molecular flexibility index (Phi) is 5.69. The van der Waals surface area contributed by atoms with E-state index in [-0.39, 0.29) is 0 Å². The van der Waals surface area contributed by atoms with Crippen LogP contribution < -0.4 is 16.2 Å². The second-order valence-corrected chi connectivity index (χ2v) is 4.13. The van der Waals surface area contributed by atoms with Crippen LogP contribution in [0.1, 0.15) is 33.6 Å². The summed E-state index contributed by atoms with van der Waals surface area (Å²) in [5.41, 5.74) is 2.55. The van der Waals surface area contributed by atoms with Gasteiger partial charge in [-0.3, -0.25) is 0 Å². The van der Waals surface area contributed by atoms with Crippen molar-refractivity contribution < 1.29 is 0 Å². The molecule has 96 valence electrons. The first-order valence-corrected chi connectivity index (χ1v) is 6.28. The minimum Gasteiger partial charge on any atom is -0.356 e. The zero-order chi connectivity index (χ0) is 12.7. The molecule has 0 unspecified atom stereocenters. The lowest BCUT2D eigenvalue weighted by Crippen LogP contribution is -2.30. The summed E-state index contributed by atoms with van der Waals surface area (Å²) < 4.78 is 0. The predicted octanol–water partition coefficient (Wildman–Crippen LogP) is 2.02. The summed E-state index contributed by atoms with van der Waals surface area (Å²) in [6.07, 6.45) is 3.93. The van der Waals surface area contributed by atoms with E-state index < -0.39 is 0 Å². The molecule has 1 aromatic heterocycles. The first-order chi connectivity index (χ1) is 8.24. The van der Waals surface area contributed by atoms with Crippen LogP contribution in [-0.2, 0) is 0 Å². The standard InChI is InChI=1S/C12H23N5/c1-4-10(5-2)8-17(6-3)12-7-11(16-13)14-9-15-12/h7,9-10H,4-6,8,13H2,1-3H3,(H,14,15,16). The number of aromatic nitrogens is 2. The molecule has 0 aliphatic heterocycles. The summed E-state index contributed by atoms with van der Waals surface area (Å²) >= 11 is 0. The van der Waals surface area contributed by atoms with E-state index in [1.165, 1.54) is 12.8 Å². The molecule has 0 aromatic carbocycles. The number of nitrogens with one attached hydrogen (secondary N) is 1. The summed E-state index contributed by atoms with van der Waals surface area (Å²) in [4.78, 5) is 10.6. The molecule has 0 spiro atoms. The molecule has 0 aliphatic carbocycles. The summed E-state index contributed by atoms with van der Waals surface area (Å²) in [5, 5.41) is 0. The number of hydrogen-bond donors (Lipinski definition) is 2. The molecule has 5 heteroatoms. The van der Waals surface area contributed by atoms with Crippen molar-refractivity contribution in [2.75, 3.05) is 23.4 Å². The van der Waals surface area contributed by atoms with Gasteiger partial charge in [0.05, 0.1) is 0 Å². The number of nitrogens with zero attached hydrogens (tertiary/aromatic N) is 3. The Bertz CT molecular complexity index is 324. The molecule has 5 nitrogen and oxygen atoms in total. The van der Waals surface area contributed by atoms with Crippen LogP contribution in [0.5, 0.6) is 0 Å². The van der Waals surface area contributed by atoms with E-state index in [2.05, 4.69) is 41.1 Å². The molecule has 0 saturated heterocycles. The van der Waals surface area contributed by atoms with Crippen LogP contribution in [0.3, 0.4) is 0 Å². The number of rotatable bonds is 7. The van der Waals surface area contributed by atoms with Gasteiger partial charge in [0.2, 0.25) is 0 Å². The lowest BCUT2D eigenvalue weighted by Gasteiger charge is -2.26. The average molecular weight is 237 g/mol. The van der Waals surface area contributed by atoms with E-state index in [4.69, 9.17) is 5.84 Å². The minimum atomic E-state index is 0.651. The second kappa shape index (κ2) is 7.06. The molecule has 1 heterocycles. The zero-order valence-electron chi connectivity index (χ0n) is 11.0. The van der Waals surface area contributed by atoms with Crippen LogP contribution in [0.25, 0.3) is 0 Å². The Labute approximate surface area is 103 Å². The molecule has 17 heavy (non-hydrogen) atoms. The first-order valence-electron chi connectivity index (χ1n) is 6.28. The van der Waals surface area contributed by atoms with Crippen LogP contribution in [-0.4, -0.2) is 23.1 Å². The lowest BCUT2D eigenvalue weighted by atomic mass is 10.0. The molecule has 0 bridgehead atoms. The smallest absolute Gasteiger partial charge is 0.145 e. The highest BCUT2D eigenvalue weighted by Gasteiger charge is 2.12. The fourth-order valence-corrected chi connectivity index (χ4v) is 1.84. The SMILES string of the molecule is CCC(CC)CN(CC)c1cc(NN)ncn1. The van der Waals surface area contributed by atoms with Gasteiger partial charge in [-0.1, -0.05) is 26.7 Å². The van der Waals surface area contributed by atoms with E-state index in [1.807, 2.05) is 6.07 Å². The Hall–Kier alpha value is -1.36. The van der Waals surface area contributed by atoms with Crippen molar-refractivity contribution in [3.05, 3.63) is 12.4 Å². The number of hydrazine groups is 1. The third kappa shape index (κ3) is 3.85. The molecule has 1 rings (SSSR count). The highest BCUT2D eigenvalue weighted by atomic mass is 15.3. The molecule has 0 radical (unpaired) electrons. The molecule has 0 fully saturated rings. The largest absolute Gasteiger partial charge is 0.356 e. The van der Waals surface area contributed by atoms with Gasteiger partial charge in [0.1, 0.15) is 18.0 Å². The average Bonchev–Trinajstić information content (AvgIpc) is 2.40. The fourth-order valence-electron chi connectivity index (χ4n) is 1.84. The molecule has 0 saturated carbocycles. The van der Waals surface area contributed by atoms with Crippen molar-refractivity contribution in [1.29, 1.82) is 0 Å². The van der Waals surface area contributed by atoms with Gasteiger partial charge in [-0.25, -0.2) is 15.8 Å². The van der Waals surface area contributed by atoms with Gasteiger partial charge in [-0.2, -0.15) is 0 Å². The van der Waals surface area contributed by atoms with Crippen LogP contribution in [0, 0.1) is 5.92 Å². The third-order valence-electron chi connectivity index (χ3n) is 3.14. The molecular formula is C12H23N5. The first kappa shape index (κ1) is 13.7. The van der Waals surface area contributed by atoms with Crippen molar-refractivity contribution in [2.45, 2.75) is 33.6 Å². The minimum absolute atomic E-state index is 0.651. The van der Waals surface area contributed by atoms with Gasteiger partial charge >= 0.3 is 0 Å². The highest BCUT2D eigenvalue weighted by molar-refractivity contribution is 5.47. The van der Waals surface area contributed by atoms with Gasteiger partial charge < -0.3 is 10.3 Å². The van der Waals surface area contributed by atoms with E-state index in [9.17, 15) is 0 Å². The van der Waals surface area contributed by atoms with Gasteiger partial charge in [-0.05, 0) is 12.8 Å². The maximum absolute atomic E-state index is 5.36. The van der Waals surface area contributed by atoms with Crippen molar-refractivity contribution in [3.8, 4) is 0 Å². The summed E-state index contributed by atoms with van der Waals surface area (Å²) in [6.45, 7) is 8.58. The molecule has 0 atom stereocenters. The molecular weight excluding hydrogens is 214 g/mol. The zero-order valence-corrected chi connectivity index (χ0v) is 11.0. The lowest BCUT2D eigenvalue weighted by molar-refractivity contribution is 0.484. The van der Waals surface area contributed by atoms with E-state index in [0.717, 1.165) is 18.9 Å². The maximum atomic E-state index is 5.36. The van der Waals surface area contributed by atoms with Crippen LogP contribution in [0.15, 0.2) is 12.4 Å². The van der Waals surface area contributed by atoms with Crippen molar-refractivity contribution in [2.24, 2.45) is 11.8 Å². The van der Waals surface area contributed by atoms with Gasteiger partial charge in [-0.15, -0.1) is 0 Å². The van der Waals surface area contributed by atoms with Gasteiger partial charge in [0, 0.05) is 19.2 Å². The second-order valence-electron chi connectivity index (χ2n) is 4.13. The maximum Gasteiger partial charge on any atom is 0.145 e. The van der Waals surface area contributed by atoms with Crippen molar-refractivity contribution >= 4 is 11.6 Å². The summed E-state index contributed by atoms with van der Waals surface area (Å²) in [5.74, 6) is 7.65. The van der Waals surface area contributed by atoms with Crippen LogP contribution >= 0.6 is 0 Å². The third-order valence-corrected chi connectivity index (χ3v) is 3.14. The Morgan fingerprint density at radius 2 is 2.00 bits per heavy atom. The van der Waals surface area contributed by atoms with E-state index in [1.54, 1.807) is 6.33 Å². The molecule has 0 aliphatic rings. The van der Waals surface area contributed by atoms with Crippen molar-refractivity contribution in [1.82, 2.24) is 9.97 Å². The molecule has 1 aromatic rings. The summed E-state index contributed by atoms with van der Waals surface area (Å²) in [7, 11) is 0. The van der Waals surface area contributed by atoms with E-state index in [0.29, 0.717) is 11.7 Å².